The van der Waals surface area contributed by atoms with Gasteiger partial charge in [0.25, 0.3) is 0 Å². The molecule has 68 valence electrons. The number of alkyl halides is 1. The topological polar surface area (TPSA) is 49.4 Å². The summed E-state index contributed by atoms with van der Waals surface area (Å²) in [6.07, 6.45) is 0.388. The number of hydrogen-bond donors (Lipinski definition) is 1. The van der Waals surface area contributed by atoms with E-state index in [1.807, 2.05) is 0 Å². The van der Waals surface area contributed by atoms with Gasteiger partial charge >= 0.3 is 0 Å². The first-order valence-corrected chi connectivity index (χ1v) is 4.26. The average molecular weight is 191 g/mol. The van der Waals surface area contributed by atoms with E-state index in [0.717, 1.165) is 0 Å². The van der Waals surface area contributed by atoms with Crippen LogP contribution >= 0.6 is 11.6 Å². The van der Waals surface area contributed by atoms with Crippen molar-refractivity contribution in [1.29, 1.82) is 0 Å². The molecule has 0 radical (unpaired) electrons. The Morgan fingerprint density at radius 3 is 2.92 bits per heavy atom. The lowest BCUT2D eigenvalue weighted by Crippen LogP contribution is -2.37. The highest BCUT2D eigenvalue weighted by Gasteiger charge is 2.27. The van der Waals surface area contributed by atoms with E-state index in [4.69, 9.17) is 11.6 Å². The van der Waals surface area contributed by atoms with E-state index in [0.29, 0.717) is 13.0 Å². The van der Waals surface area contributed by atoms with Crippen LogP contribution in [0.25, 0.3) is 0 Å². The van der Waals surface area contributed by atoms with Gasteiger partial charge in [0, 0.05) is 20.0 Å². The van der Waals surface area contributed by atoms with Crippen molar-refractivity contribution in [3.63, 3.8) is 0 Å². The van der Waals surface area contributed by atoms with Gasteiger partial charge in [0.2, 0.25) is 11.8 Å². The van der Waals surface area contributed by atoms with Crippen LogP contribution in [0.2, 0.25) is 0 Å². The Morgan fingerprint density at radius 2 is 2.50 bits per heavy atom. The average Bonchev–Trinajstić information content (AvgIpc) is 2.31. The van der Waals surface area contributed by atoms with Gasteiger partial charge in [-0.25, -0.2) is 0 Å². The molecule has 0 unspecified atom stereocenters. The van der Waals surface area contributed by atoms with Crippen LogP contribution in [0.1, 0.15) is 6.42 Å². The maximum Gasteiger partial charge on any atom is 0.235 e. The van der Waals surface area contributed by atoms with Crippen LogP contribution in [0.15, 0.2) is 0 Å². The molecule has 1 aliphatic rings. The fourth-order valence-electron chi connectivity index (χ4n) is 1.23. The first kappa shape index (κ1) is 9.32. The summed E-state index contributed by atoms with van der Waals surface area (Å²) in [4.78, 5) is 23.4. The molecule has 1 aliphatic heterocycles. The third-order valence-corrected chi connectivity index (χ3v) is 2.07. The zero-order valence-corrected chi connectivity index (χ0v) is 7.60. The SMILES string of the molecule is CN1C[C@H](NC(=O)CCl)CC1=O. The Balaban J connectivity index is 2.37. The van der Waals surface area contributed by atoms with Crippen LogP contribution in [0.5, 0.6) is 0 Å². The van der Waals surface area contributed by atoms with Crippen molar-refractivity contribution in [3.05, 3.63) is 0 Å². The molecule has 1 N–H and O–H groups in total. The first-order chi connectivity index (χ1) is 5.63. The highest BCUT2D eigenvalue weighted by molar-refractivity contribution is 6.27. The molecule has 1 heterocycles. The van der Waals surface area contributed by atoms with Gasteiger partial charge in [0.15, 0.2) is 0 Å². The Morgan fingerprint density at radius 1 is 1.83 bits per heavy atom. The number of hydrogen-bond acceptors (Lipinski definition) is 2. The molecular weight excluding hydrogens is 180 g/mol. The van der Waals surface area contributed by atoms with Crippen molar-refractivity contribution in [1.82, 2.24) is 10.2 Å². The summed E-state index contributed by atoms with van der Waals surface area (Å²) < 4.78 is 0. The van der Waals surface area contributed by atoms with Crippen LogP contribution in [0.3, 0.4) is 0 Å². The van der Waals surface area contributed by atoms with Crippen molar-refractivity contribution in [3.8, 4) is 0 Å². The van der Waals surface area contributed by atoms with E-state index in [2.05, 4.69) is 5.32 Å². The maximum atomic E-state index is 11.0. The molecule has 0 bridgehead atoms. The number of nitrogens with one attached hydrogen (secondary N) is 1. The Hall–Kier alpha value is -0.770. The molecule has 12 heavy (non-hydrogen) atoms. The van der Waals surface area contributed by atoms with Crippen molar-refractivity contribution in [2.45, 2.75) is 12.5 Å². The van der Waals surface area contributed by atoms with Crippen molar-refractivity contribution < 1.29 is 9.59 Å². The summed E-state index contributed by atoms with van der Waals surface area (Å²) >= 11 is 5.29. The molecule has 4 nitrogen and oxygen atoms in total. The van der Waals surface area contributed by atoms with Crippen LogP contribution in [0.4, 0.5) is 0 Å². The summed E-state index contributed by atoms with van der Waals surface area (Å²) in [6, 6.07) is -0.0613. The molecule has 5 heteroatoms. The van der Waals surface area contributed by atoms with Crippen LogP contribution < -0.4 is 5.32 Å². The number of likely N-dealkylation sites (tertiary alicyclic amines) is 1. The predicted molar refractivity (Wildman–Crippen MR) is 44.9 cm³/mol. The van der Waals surface area contributed by atoms with Gasteiger partial charge < -0.3 is 10.2 Å². The highest BCUT2D eigenvalue weighted by Crippen LogP contribution is 2.07. The first-order valence-electron chi connectivity index (χ1n) is 3.72. The molecule has 1 fully saturated rings. The Labute approximate surface area is 75.9 Å². The number of carbonyl (C=O) groups excluding carboxylic acids is 2. The fraction of sp³-hybridized carbons (Fsp3) is 0.714. The lowest BCUT2D eigenvalue weighted by molar-refractivity contribution is -0.126. The number of nitrogens with zero attached hydrogens (tertiary/aromatic N) is 1. The smallest absolute Gasteiger partial charge is 0.235 e. The normalized spacial score (nSPS) is 23.0. The zero-order chi connectivity index (χ0) is 9.14. The minimum atomic E-state index is -0.218. The lowest BCUT2D eigenvalue weighted by atomic mass is 10.2. The Kier molecular flexibility index (Phi) is 2.92. The number of likely N-dealkylation sites (N-methyl/N-ethyl adjacent to an activating group) is 1. The van der Waals surface area contributed by atoms with Crippen LogP contribution in [-0.4, -0.2) is 42.2 Å². The molecule has 0 aromatic rings. The largest absolute Gasteiger partial charge is 0.350 e. The second-order valence-corrected chi connectivity index (χ2v) is 3.14. The molecule has 0 spiro atoms. The summed E-state index contributed by atoms with van der Waals surface area (Å²) in [5, 5.41) is 2.66. The van der Waals surface area contributed by atoms with E-state index in [1.54, 1.807) is 11.9 Å². The summed E-state index contributed by atoms with van der Waals surface area (Å²) in [5.41, 5.74) is 0. The number of carbonyl (C=O) groups is 2. The number of halogens is 1. The molecular formula is C7H11ClN2O2. The van der Waals surface area contributed by atoms with Crippen molar-refractivity contribution >= 4 is 23.4 Å². The molecule has 1 atom stereocenters. The minimum absolute atomic E-state index is 0.0472. The zero-order valence-electron chi connectivity index (χ0n) is 6.84. The van der Waals surface area contributed by atoms with Gasteiger partial charge in [-0.15, -0.1) is 11.6 Å². The van der Waals surface area contributed by atoms with E-state index in [1.165, 1.54) is 0 Å². The van der Waals surface area contributed by atoms with Crippen molar-refractivity contribution in [2.24, 2.45) is 0 Å². The van der Waals surface area contributed by atoms with Gasteiger partial charge in [0.1, 0.15) is 5.88 Å². The standard InChI is InChI=1S/C7H11ClN2O2/c1-10-4-5(2-7(10)12)9-6(11)3-8/h5H,2-4H2,1H3,(H,9,11)/t5-/m1/s1. The molecule has 0 aromatic carbocycles. The summed E-state index contributed by atoms with van der Waals surface area (Å²) in [7, 11) is 1.72. The maximum absolute atomic E-state index is 11.0. The second kappa shape index (κ2) is 3.76. The van der Waals surface area contributed by atoms with E-state index >= 15 is 0 Å². The van der Waals surface area contributed by atoms with E-state index < -0.39 is 0 Å². The lowest BCUT2D eigenvalue weighted by Gasteiger charge is -2.10. The van der Waals surface area contributed by atoms with E-state index in [9.17, 15) is 9.59 Å². The van der Waals surface area contributed by atoms with Crippen LogP contribution in [-0.2, 0) is 9.59 Å². The molecule has 0 aliphatic carbocycles. The fourth-order valence-corrected chi connectivity index (χ4v) is 1.30. The number of rotatable bonds is 2. The number of amides is 2. The van der Waals surface area contributed by atoms with Gasteiger partial charge in [-0.2, -0.15) is 0 Å². The predicted octanol–water partition coefficient (Wildman–Crippen LogP) is -0.428. The third-order valence-electron chi connectivity index (χ3n) is 1.83. The highest BCUT2D eigenvalue weighted by atomic mass is 35.5. The summed E-state index contributed by atoms with van der Waals surface area (Å²) in [6.45, 7) is 0.585. The molecule has 1 rings (SSSR count). The van der Waals surface area contributed by atoms with Gasteiger partial charge in [-0.1, -0.05) is 0 Å². The molecule has 2 amide bonds. The molecule has 0 aromatic heterocycles. The van der Waals surface area contributed by atoms with Crippen LogP contribution in [0, 0.1) is 0 Å². The quantitative estimate of drug-likeness (QED) is 0.601. The van der Waals surface area contributed by atoms with Gasteiger partial charge in [-0.05, 0) is 0 Å². The molecule has 1 saturated heterocycles. The van der Waals surface area contributed by atoms with Crippen molar-refractivity contribution in [2.75, 3.05) is 19.5 Å². The summed E-state index contributed by atoms with van der Waals surface area (Å²) in [5.74, 6) is -0.200. The monoisotopic (exact) mass is 190 g/mol. The third kappa shape index (κ3) is 2.11. The van der Waals surface area contributed by atoms with E-state index in [-0.39, 0.29) is 23.7 Å². The van der Waals surface area contributed by atoms with Gasteiger partial charge in [-0.3, -0.25) is 9.59 Å². The van der Waals surface area contributed by atoms with Gasteiger partial charge in [0.05, 0.1) is 6.04 Å². The minimum Gasteiger partial charge on any atom is -0.350 e. The second-order valence-electron chi connectivity index (χ2n) is 2.88. The molecule has 0 saturated carbocycles. The Bertz CT molecular complexity index is 208.